The first-order valence-electron chi connectivity index (χ1n) is 4.91. The van der Waals surface area contributed by atoms with E-state index in [4.69, 9.17) is 0 Å². The zero-order chi connectivity index (χ0) is 13.5. The summed E-state index contributed by atoms with van der Waals surface area (Å²) in [7, 11) is 2.33. The van der Waals surface area contributed by atoms with Crippen molar-refractivity contribution in [2.45, 2.75) is 0 Å². The van der Waals surface area contributed by atoms with Crippen LogP contribution in [0.5, 0.6) is 0 Å². The Bertz CT molecular complexity index is 484. The van der Waals surface area contributed by atoms with Crippen LogP contribution in [0.25, 0.3) is 0 Å². The van der Waals surface area contributed by atoms with Crippen molar-refractivity contribution in [2.75, 3.05) is 19.5 Å². The summed E-state index contributed by atoms with van der Waals surface area (Å²) < 4.78 is 9.38. The molecular formula is C11H12N2O5. The van der Waals surface area contributed by atoms with Crippen molar-refractivity contribution in [1.82, 2.24) is 0 Å². The van der Waals surface area contributed by atoms with Gasteiger partial charge in [0.1, 0.15) is 0 Å². The van der Waals surface area contributed by atoms with Gasteiger partial charge in [-0.1, -0.05) is 6.07 Å². The van der Waals surface area contributed by atoms with Gasteiger partial charge in [-0.15, -0.1) is 0 Å². The van der Waals surface area contributed by atoms with Crippen LogP contribution in [0.4, 0.5) is 5.82 Å². The number of methoxy groups -OCH3 is 2. The van der Waals surface area contributed by atoms with Crippen LogP contribution in [0, 0.1) is 5.21 Å². The maximum Gasteiger partial charge on any atom is 0.378 e. The van der Waals surface area contributed by atoms with Gasteiger partial charge in [0.05, 0.1) is 26.5 Å². The predicted molar refractivity (Wildman–Crippen MR) is 61.1 cm³/mol. The van der Waals surface area contributed by atoms with E-state index >= 15 is 0 Å². The average Bonchev–Trinajstić information content (AvgIpc) is 2.39. The van der Waals surface area contributed by atoms with E-state index in [1.165, 1.54) is 25.4 Å². The number of hydrogen-bond donors (Lipinski definition) is 1. The van der Waals surface area contributed by atoms with Crippen LogP contribution in [0.2, 0.25) is 0 Å². The van der Waals surface area contributed by atoms with Crippen molar-refractivity contribution in [1.29, 1.82) is 0 Å². The highest BCUT2D eigenvalue weighted by Crippen LogP contribution is 2.05. The van der Waals surface area contributed by atoms with Crippen molar-refractivity contribution in [3.8, 4) is 0 Å². The van der Waals surface area contributed by atoms with Gasteiger partial charge in [-0.3, -0.25) is 0 Å². The topological polar surface area (TPSA) is 91.6 Å². The number of pyridine rings is 1. The monoisotopic (exact) mass is 252 g/mol. The van der Waals surface area contributed by atoms with Crippen molar-refractivity contribution >= 4 is 17.8 Å². The molecule has 1 rings (SSSR count). The normalized spacial score (nSPS) is 10.7. The summed E-state index contributed by atoms with van der Waals surface area (Å²) in [5, 5.41) is 13.9. The number of nitrogens with zero attached hydrogens (tertiary/aromatic N) is 1. The minimum atomic E-state index is -0.788. The maximum absolute atomic E-state index is 11.4. The molecule has 0 radical (unpaired) electrons. The number of carbonyl (C=O) groups is 2. The third-order valence-corrected chi connectivity index (χ3v) is 1.96. The number of nitrogens with one attached hydrogen (secondary N) is 1. The van der Waals surface area contributed by atoms with Crippen molar-refractivity contribution in [2.24, 2.45) is 0 Å². The molecule has 0 saturated carbocycles. The van der Waals surface area contributed by atoms with E-state index in [2.05, 4.69) is 14.8 Å². The molecule has 96 valence electrons. The molecule has 18 heavy (non-hydrogen) atoms. The summed E-state index contributed by atoms with van der Waals surface area (Å²) in [6, 6.07) is 4.57. The molecule has 0 fully saturated rings. The van der Waals surface area contributed by atoms with Gasteiger partial charge in [0.25, 0.3) is 5.82 Å². The van der Waals surface area contributed by atoms with Crippen LogP contribution in [-0.2, 0) is 19.1 Å². The average molecular weight is 252 g/mol. The molecule has 1 aromatic heterocycles. The molecule has 0 aliphatic carbocycles. The molecule has 7 heteroatoms. The van der Waals surface area contributed by atoms with E-state index in [9.17, 15) is 14.8 Å². The Kier molecular flexibility index (Phi) is 4.67. The molecule has 0 unspecified atom stereocenters. The lowest BCUT2D eigenvalue weighted by Gasteiger charge is -2.08. The Morgan fingerprint density at radius 2 is 2.06 bits per heavy atom. The summed E-state index contributed by atoms with van der Waals surface area (Å²) in [6.07, 6.45) is 2.15. The molecule has 1 heterocycles. The van der Waals surface area contributed by atoms with Crippen LogP contribution in [0.1, 0.15) is 0 Å². The van der Waals surface area contributed by atoms with Crippen molar-refractivity contribution in [3.05, 3.63) is 41.4 Å². The molecule has 1 N–H and O–H groups in total. The number of hydrogen-bond acceptors (Lipinski definition) is 6. The van der Waals surface area contributed by atoms with Gasteiger partial charge < -0.3 is 14.7 Å². The quantitative estimate of drug-likeness (QED) is 0.350. The van der Waals surface area contributed by atoms with Gasteiger partial charge in [0, 0.05) is 6.07 Å². The molecule has 0 aromatic carbocycles. The van der Waals surface area contributed by atoms with Gasteiger partial charge in [0.2, 0.25) is 5.70 Å². The molecule has 0 bridgehead atoms. The van der Waals surface area contributed by atoms with Crippen LogP contribution in [0.15, 0.2) is 36.2 Å². The maximum atomic E-state index is 11.4. The van der Waals surface area contributed by atoms with Crippen LogP contribution >= 0.6 is 0 Å². The second-order valence-electron chi connectivity index (χ2n) is 3.11. The third-order valence-electron chi connectivity index (χ3n) is 1.96. The smallest absolute Gasteiger partial charge is 0.378 e. The molecule has 0 atom stereocenters. The SMILES string of the molecule is COC(=O)C=C(Nc1cccc[n+]1[O-])C(=O)OC. The Balaban J connectivity index is 3.00. The minimum Gasteiger partial charge on any atom is -0.711 e. The fourth-order valence-corrected chi connectivity index (χ4v) is 1.10. The molecule has 1 aromatic rings. The molecule has 0 aliphatic rings. The fourth-order valence-electron chi connectivity index (χ4n) is 1.10. The zero-order valence-corrected chi connectivity index (χ0v) is 9.88. The Hall–Kier alpha value is -2.57. The van der Waals surface area contributed by atoms with Gasteiger partial charge in [-0.2, -0.15) is 0 Å². The van der Waals surface area contributed by atoms with Gasteiger partial charge >= 0.3 is 11.9 Å². The van der Waals surface area contributed by atoms with E-state index in [1.54, 1.807) is 6.07 Å². The van der Waals surface area contributed by atoms with E-state index < -0.39 is 11.9 Å². The van der Waals surface area contributed by atoms with Crippen LogP contribution in [0.3, 0.4) is 0 Å². The number of rotatable bonds is 4. The summed E-state index contributed by atoms with van der Waals surface area (Å²) in [4.78, 5) is 22.5. The van der Waals surface area contributed by atoms with Gasteiger partial charge in [-0.25, -0.2) is 19.6 Å². The zero-order valence-electron chi connectivity index (χ0n) is 9.88. The second-order valence-corrected chi connectivity index (χ2v) is 3.11. The Morgan fingerprint density at radius 3 is 2.61 bits per heavy atom. The summed E-state index contributed by atoms with van der Waals surface area (Å²) in [6.45, 7) is 0. The summed E-state index contributed by atoms with van der Waals surface area (Å²) in [5.41, 5.74) is -0.194. The first-order valence-corrected chi connectivity index (χ1v) is 4.91. The summed E-state index contributed by atoms with van der Waals surface area (Å²) >= 11 is 0. The lowest BCUT2D eigenvalue weighted by molar-refractivity contribution is -0.590. The standard InChI is InChI=1S/C11H12N2O5/c1-17-10(14)7-8(11(15)18-2)12-9-5-3-4-6-13(9)16/h3-7,12H,1-2H3. The van der Waals surface area contributed by atoms with Crippen molar-refractivity contribution < 1.29 is 23.8 Å². The molecule has 7 nitrogen and oxygen atoms in total. The first kappa shape index (κ1) is 13.5. The van der Waals surface area contributed by atoms with Crippen LogP contribution < -0.4 is 10.0 Å². The third kappa shape index (κ3) is 3.48. The van der Waals surface area contributed by atoms with E-state index in [0.717, 1.165) is 13.2 Å². The van der Waals surface area contributed by atoms with Gasteiger partial charge in [0.15, 0.2) is 0 Å². The number of ether oxygens (including phenoxy) is 2. The molecule has 0 saturated heterocycles. The Morgan fingerprint density at radius 1 is 1.33 bits per heavy atom. The second kappa shape index (κ2) is 6.24. The molecule has 0 amide bonds. The highest BCUT2D eigenvalue weighted by atomic mass is 16.5. The number of esters is 2. The molecule has 0 spiro atoms. The van der Waals surface area contributed by atoms with E-state index in [1.807, 2.05) is 0 Å². The number of carbonyl (C=O) groups excluding carboxylic acids is 2. The van der Waals surface area contributed by atoms with E-state index in [-0.39, 0.29) is 11.5 Å². The number of anilines is 1. The predicted octanol–water partition coefficient (Wildman–Crippen LogP) is -0.0382. The Labute approximate surface area is 103 Å². The lowest BCUT2D eigenvalue weighted by atomic mass is 10.3. The molecular weight excluding hydrogens is 240 g/mol. The van der Waals surface area contributed by atoms with E-state index in [0.29, 0.717) is 4.73 Å². The van der Waals surface area contributed by atoms with Crippen LogP contribution in [-0.4, -0.2) is 26.2 Å². The molecule has 0 aliphatic heterocycles. The fraction of sp³-hybridized carbons (Fsp3) is 0.182. The first-order chi connectivity index (χ1) is 8.58. The lowest BCUT2D eigenvalue weighted by Crippen LogP contribution is -2.31. The summed E-state index contributed by atoms with van der Waals surface area (Å²) in [5.74, 6) is -1.45. The van der Waals surface area contributed by atoms with Gasteiger partial charge in [-0.05, 0) is 6.07 Å². The van der Waals surface area contributed by atoms with Crippen molar-refractivity contribution in [3.63, 3.8) is 0 Å². The highest BCUT2D eigenvalue weighted by Gasteiger charge is 2.18. The highest BCUT2D eigenvalue weighted by molar-refractivity contribution is 5.98. The number of aromatic nitrogens is 1. The minimum absolute atomic E-state index is 0.0815. The largest absolute Gasteiger partial charge is 0.711 e.